The Morgan fingerprint density at radius 3 is 2.25 bits per heavy atom. The summed E-state index contributed by atoms with van der Waals surface area (Å²) in [4.78, 5) is 0. The normalized spacial score (nSPS) is 12.6. The summed E-state index contributed by atoms with van der Waals surface area (Å²) in [5, 5.41) is 9.63. The van der Waals surface area contributed by atoms with Crippen LogP contribution in [0.5, 0.6) is 11.5 Å². The number of aliphatic hydroxyl groups is 1. The van der Waals surface area contributed by atoms with Gasteiger partial charge in [0, 0.05) is 0 Å². The number of benzene rings is 1. The fourth-order valence-electron chi connectivity index (χ4n) is 1.63. The molecule has 0 radical (unpaired) electrons. The number of methoxy groups -OCH3 is 1. The molecule has 0 aliphatic carbocycles. The third kappa shape index (κ3) is 2.92. The second-order valence-electron chi connectivity index (χ2n) is 4.20. The Hall–Kier alpha value is -1.16. The van der Waals surface area contributed by atoms with Gasteiger partial charge in [-0.3, -0.25) is 0 Å². The number of aliphatic hydroxyl groups excluding tert-OH is 1. The van der Waals surface area contributed by atoms with E-state index in [0.717, 1.165) is 11.0 Å². The fraction of sp³-hybridized carbons (Fsp3) is 0.500. The first-order chi connectivity index (χ1) is 7.45. The lowest BCUT2D eigenvalue weighted by molar-refractivity contribution is 0.197. The average molecular weight is 222 g/mol. The van der Waals surface area contributed by atoms with E-state index in [0.29, 0.717) is 11.5 Å². The molecule has 1 aromatic carbocycles. The molecule has 0 aliphatic rings. The van der Waals surface area contributed by atoms with Crippen LogP contribution in [0.4, 0.5) is 0 Å². The van der Waals surface area contributed by atoms with E-state index in [2.05, 4.69) is 0 Å². The lowest BCUT2D eigenvalue weighted by atomic mass is 9.88. The van der Waals surface area contributed by atoms with Crippen molar-refractivity contribution in [3.8, 4) is 11.5 Å². The van der Waals surface area contributed by atoms with Crippen molar-refractivity contribution in [2.24, 2.45) is 0 Å². The van der Waals surface area contributed by atoms with E-state index in [1.165, 1.54) is 0 Å². The summed E-state index contributed by atoms with van der Waals surface area (Å²) in [7, 11) is 3.56. The molecule has 16 heavy (non-hydrogen) atoms. The first kappa shape index (κ1) is 12.9. The lowest BCUT2D eigenvalue weighted by Crippen LogP contribution is -2.15. The van der Waals surface area contributed by atoms with Crippen LogP contribution < -0.4 is 14.9 Å². The van der Waals surface area contributed by atoms with Crippen LogP contribution >= 0.6 is 0 Å². The van der Waals surface area contributed by atoms with Crippen LogP contribution in [0.3, 0.4) is 0 Å². The largest absolute Gasteiger partial charge is 0.493 e. The van der Waals surface area contributed by atoms with Gasteiger partial charge < -0.3 is 14.6 Å². The Morgan fingerprint density at radius 2 is 1.81 bits per heavy atom. The third-order valence-electron chi connectivity index (χ3n) is 2.37. The predicted octanol–water partition coefficient (Wildman–Crippen LogP) is 0.794. The Balaban J connectivity index is 3.17. The van der Waals surface area contributed by atoms with Gasteiger partial charge in [-0.15, -0.1) is 0 Å². The summed E-state index contributed by atoms with van der Waals surface area (Å²) in [5.74, 6) is 1.38. The number of ether oxygens (including phenoxy) is 2. The molecule has 1 N–H and O–H groups in total. The summed E-state index contributed by atoms with van der Waals surface area (Å²) >= 11 is 0. The molecule has 1 rings (SSSR count). The SMILES string of the molecule is Bc1cc(OC)c(OC(C)C)cc1C(C)O. The maximum absolute atomic E-state index is 9.63. The van der Waals surface area contributed by atoms with Crippen molar-refractivity contribution in [3.63, 3.8) is 0 Å². The van der Waals surface area contributed by atoms with Gasteiger partial charge in [-0.25, -0.2) is 0 Å². The van der Waals surface area contributed by atoms with Gasteiger partial charge in [0.15, 0.2) is 11.5 Å². The Labute approximate surface area is 97.8 Å². The molecule has 0 saturated carbocycles. The fourth-order valence-corrected chi connectivity index (χ4v) is 1.63. The minimum atomic E-state index is -0.500. The maximum Gasteiger partial charge on any atom is 0.161 e. The molecule has 0 fully saturated rings. The van der Waals surface area contributed by atoms with Crippen molar-refractivity contribution >= 4 is 13.3 Å². The molecule has 1 aromatic rings. The highest BCUT2D eigenvalue weighted by Gasteiger charge is 2.13. The third-order valence-corrected chi connectivity index (χ3v) is 2.37. The molecule has 3 nitrogen and oxygen atoms in total. The molecule has 0 saturated heterocycles. The van der Waals surface area contributed by atoms with E-state index in [4.69, 9.17) is 9.47 Å². The molecule has 0 aromatic heterocycles. The molecule has 4 heteroatoms. The average Bonchev–Trinajstić information content (AvgIpc) is 2.18. The van der Waals surface area contributed by atoms with E-state index in [9.17, 15) is 5.11 Å². The van der Waals surface area contributed by atoms with E-state index >= 15 is 0 Å². The van der Waals surface area contributed by atoms with Gasteiger partial charge in [0.25, 0.3) is 0 Å². The second kappa shape index (κ2) is 5.26. The molecule has 0 spiro atoms. The monoisotopic (exact) mass is 222 g/mol. The minimum Gasteiger partial charge on any atom is -0.493 e. The maximum atomic E-state index is 9.63. The van der Waals surface area contributed by atoms with Crippen molar-refractivity contribution in [2.75, 3.05) is 7.11 Å². The smallest absolute Gasteiger partial charge is 0.161 e. The molecule has 0 bridgehead atoms. The Kier molecular flexibility index (Phi) is 4.24. The molecule has 0 heterocycles. The Bertz CT molecular complexity index is 362. The minimum absolute atomic E-state index is 0.0819. The van der Waals surface area contributed by atoms with E-state index in [-0.39, 0.29) is 6.10 Å². The van der Waals surface area contributed by atoms with E-state index < -0.39 is 6.10 Å². The zero-order chi connectivity index (χ0) is 12.3. The zero-order valence-corrected chi connectivity index (χ0v) is 10.6. The van der Waals surface area contributed by atoms with Gasteiger partial charge in [0.2, 0.25) is 0 Å². The van der Waals surface area contributed by atoms with Gasteiger partial charge in [-0.05, 0) is 38.5 Å². The number of hydrogen-bond donors (Lipinski definition) is 1. The van der Waals surface area contributed by atoms with Crippen molar-refractivity contribution in [3.05, 3.63) is 17.7 Å². The zero-order valence-electron chi connectivity index (χ0n) is 10.6. The van der Waals surface area contributed by atoms with Crippen molar-refractivity contribution in [2.45, 2.75) is 33.0 Å². The predicted molar refractivity (Wildman–Crippen MR) is 67.6 cm³/mol. The van der Waals surface area contributed by atoms with Crippen molar-refractivity contribution in [1.82, 2.24) is 0 Å². The molecule has 0 amide bonds. The summed E-state index contributed by atoms with van der Waals surface area (Å²) in [6.45, 7) is 5.66. The molecule has 1 atom stereocenters. The molecular weight excluding hydrogens is 203 g/mol. The lowest BCUT2D eigenvalue weighted by Gasteiger charge is -2.17. The van der Waals surface area contributed by atoms with Crippen molar-refractivity contribution < 1.29 is 14.6 Å². The summed E-state index contributed by atoms with van der Waals surface area (Å²) < 4.78 is 10.9. The highest BCUT2D eigenvalue weighted by molar-refractivity contribution is 6.33. The topological polar surface area (TPSA) is 38.7 Å². The highest BCUT2D eigenvalue weighted by Crippen LogP contribution is 2.29. The summed E-state index contributed by atoms with van der Waals surface area (Å²) in [6.07, 6.45) is -0.418. The second-order valence-corrected chi connectivity index (χ2v) is 4.20. The summed E-state index contributed by atoms with van der Waals surface area (Å²) in [6, 6.07) is 3.73. The molecule has 0 aliphatic heterocycles. The summed E-state index contributed by atoms with van der Waals surface area (Å²) in [5.41, 5.74) is 1.87. The van der Waals surface area contributed by atoms with Gasteiger partial charge >= 0.3 is 0 Å². The molecular formula is C12H19BO3. The highest BCUT2D eigenvalue weighted by atomic mass is 16.5. The number of hydrogen-bond acceptors (Lipinski definition) is 3. The molecule has 88 valence electrons. The van der Waals surface area contributed by atoms with Crippen LogP contribution in [0.1, 0.15) is 32.4 Å². The van der Waals surface area contributed by atoms with Gasteiger partial charge in [-0.2, -0.15) is 0 Å². The van der Waals surface area contributed by atoms with Gasteiger partial charge in [-0.1, -0.05) is 5.46 Å². The van der Waals surface area contributed by atoms with Gasteiger partial charge in [0.1, 0.15) is 7.85 Å². The van der Waals surface area contributed by atoms with E-state index in [1.807, 2.05) is 33.8 Å². The van der Waals surface area contributed by atoms with Crippen LogP contribution in [0.2, 0.25) is 0 Å². The van der Waals surface area contributed by atoms with Crippen LogP contribution in [-0.4, -0.2) is 26.2 Å². The van der Waals surface area contributed by atoms with E-state index in [1.54, 1.807) is 14.0 Å². The number of rotatable bonds is 4. The van der Waals surface area contributed by atoms with Crippen molar-refractivity contribution in [1.29, 1.82) is 0 Å². The van der Waals surface area contributed by atoms with Crippen LogP contribution in [0.25, 0.3) is 0 Å². The standard InChI is InChI=1S/C12H19BO3/c1-7(2)16-12-5-9(8(3)14)10(13)6-11(12)15-4/h5-8,14H,13H2,1-4H3. The van der Waals surface area contributed by atoms with Crippen LogP contribution in [0, 0.1) is 0 Å². The first-order valence-electron chi connectivity index (χ1n) is 5.49. The first-order valence-corrected chi connectivity index (χ1v) is 5.49. The Morgan fingerprint density at radius 1 is 1.19 bits per heavy atom. The quantitative estimate of drug-likeness (QED) is 0.765. The van der Waals surface area contributed by atoms with Crippen LogP contribution in [0.15, 0.2) is 12.1 Å². The van der Waals surface area contributed by atoms with Gasteiger partial charge in [0.05, 0.1) is 19.3 Å². The van der Waals surface area contributed by atoms with Crippen LogP contribution in [-0.2, 0) is 0 Å². The molecule has 1 unspecified atom stereocenters.